The molecule has 185 valence electrons. The average Bonchev–Trinajstić information content (AvgIpc) is 3.18. The van der Waals surface area contributed by atoms with Crippen molar-refractivity contribution in [3.63, 3.8) is 0 Å². The summed E-state index contributed by atoms with van der Waals surface area (Å²) in [6, 6.07) is 15.0. The second-order valence-electron chi connectivity index (χ2n) is 10.8. The second kappa shape index (κ2) is 11.3. The van der Waals surface area contributed by atoms with E-state index in [4.69, 9.17) is 17.0 Å². The van der Waals surface area contributed by atoms with Crippen molar-refractivity contribution in [3.8, 4) is 11.1 Å². The Labute approximate surface area is 215 Å². The summed E-state index contributed by atoms with van der Waals surface area (Å²) in [5, 5.41) is 0. The number of amides is 1. The molecule has 0 aliphatic heterocycles. The fourth-order valence-electron chi connectivity index (χ4n) is 5.86. The Morgan fingerprint density at radius 3 is 2.00 bits per heavy atom. The number of carbonyl (C=O) groups excluding carboxylic acids is 1. The Balaban J connectivity index is 1.62. The molecule has 0 atom stereocenters. The minimum atomic E-state index is -4.77. The molecule has 2 aliphatic carbocycles. The SMILES string of the molecule is C[SiH](C)[Zr]([Cl])([Cl])([NH]C(=O)C1CCCCCCCCCCC1)[c]1cccc2c1Cc1ccccc1-2. The van der Waals surface area contributed by atoms with Crippen molar-refractivity contribution in [1.82, 2.24) is 3.26 Å². The van der Waals surface area contributed by atoms with Crippen LogP contribution < -0.4 is 6.53 Å². The zero-order valence-electron chi connectivity index (χ0n) is 20.8. The van der Waals surface area contributed by atoms with Gasteiger partial charge >= 0.3 is 217 Å². The zero-order valence-corrected chi connectivity index (χ0v) is 26.0. The number of benzene rings is 2. The third-order valence-corrected chi connectivity index (χ3v) is 52.2. The van der Waals surface area contributed by atoms with Crippen molar-refractivity contribution in [2.24, 2.45) is 5.92 Å². The van der Waals surface area contributed by atoms with Gasteiger partial charge in [-0.1, -0.05) is 0 Å². The van der Waals surface area contributed by atoms with Gasteiger partial charge in [-0.2, -0.15) is 0 Å². The molecule has 1 saturated carbocycles. The molecule has 2 aliphatic rings. The number of halogens is 2. The van der Waals surface area contributed by atoms with E-state index in [1.54, 1.807) is 0 Å². The summed E-state index contributed by atoms with van der Waals surface area (Å²) in [7, 11) is 15.4. The van der Waals surface area contributed by atoms with Gasteiger partial charge in [0.05, 0.1) is 0 Å². The molecule has 0 unspecified atom stereocenters. The predicted molar refractivity (Wildman–Crippen MR) is 147 cm³/mol. The van der Waals surface area contributed by atoms with Crippen molar-refractivity contribution in [2.75, 3.05) is 0 Å². The first-order valence-corrected chi connectivity index (χ1v) is 29.3. The van der Waals surface area contributed by atoms with E-state index in [9.17, 15) is 4.79 Å². The molecule has 2 aromatic rings. The standard InChI is InChI=1S/C13H25NO.C13H9.C2H7Si.2ClH.Zr/c14-13(15)12-10-8-6-4-2-1-3-5-7-9-11-12;1-3-7-12-10(5-1)9-11-6-2-4-8-13(11)12;1-3-2;;;/h12H,1-11H2,(H2,14,15);1-5,7-8H,9H2;3H,1-2H3;2*1H;/q;;;;;+3/p-3. The molecule has 0 saturated heterocycles. The van der Waals surface area contributed by atoms with Gasteiger partial charge in [-0.05, 0) is 0 Å². The van der Waals surface area contributed by atoms with E-state index in [2.05, 4.69) is 58.8 Å². The van der Waals surface area contributed by atoms with Crippen LogP contribution in [-0.4, -0.2) is 11.8 Å². The van der Waals surface area contributed by atoms with E-state index in [0.717, 1.165) is 35.4 Å². The third kappa shape index (κ3) is 5.61. The van der Waals surface area contributed by atoms with Crippen LogP contribution >= 0.6 is 17.0 Å². The van der Waals surface area contributed by atoms with Gasteiger partial charge in [-0.3, -0.25) is 0 Å². The monoisotopic (exact) mass is 594 g/mol. The number of nitrogens with one attached hydrogen (secondary N) is 1. The third-order valence-electron chi connectivity index (χ3n) is 8.19. The van der Waals surface area contributed by atoms with Gasteiger partial charge in [-0.15, -0.1) is 0 Å². The number of carbonyl (C=O) groups is 1. The topological polar surface area (TPSA) is 29.1 Å². The van der Waals surface area contributed by atoms with Gasteiger partial charge in [0.1, 0.15) is 0 Å². The Morgan fingerprint density at radius 2 is 1.38 bits per heavy atom. The number of hydrogen-bond donors (Lipinski definition) is 1. The minimum absolute atomic E-state index is 0.0338. The molecular weight excluding hydrogens is 557 g/mol. The number of fused-ring (bicyclic) bond motifs is 3. The van der Waals surface area contributed by atoms with Crippen molar-refractivity contribution in [1.29, 1.82) is 0 Å². The van der Waals surface area contributed by atoms with Crippen molar-refractivity contribution < 1.29 is 20.6 Å². The summed E-state index contributed by atoms with van der Waals surface area (Å²) in [5.41, 5.74) is 5.09. The second-order valence-corrected chi connectivity index (χ2v) is 50.5. The molecule has 6 heteroatoms. The average molecular weight is 597 g/mol. The first kappa shape index (κ1) is 26.6. The first-order chi connectivity index (χ1) is 16.3. The van der Waals surface area contributed by atoms with Crippen LogP contribution in [0.5, 0.6) is 0 Å². The van der Waals surface area contributed by atoms with Crippen LogP contribution in [0, 0.1) is 5.92 Å². The van der Waals surface area contributed by atoms with E-state index in [1.807, 2.05) is 0 Å². The molecule has 1 fully saturated rings. The molecule has 0 aromatic heterocycles. The normalized spacial score (nSPS) is 19.3. The Morgan fingerprint density at radius 1 is 0.824 bits per heavy atom. The fourth-order valence-corrected chi connectivity index (χ4v) is 24.0. The molecule has 2 nitrogen and oxygen atoms in total. The van der Waals surface area contributed by atoms with E-state index in [0.29, 0.717) is 0 Å². The maximum atomic E-state index is 13.8. The zero-order chi connectivity index (χ0) is 24.2. The molecule has 4 rings (SSSR count). The Hall–Kier alpha value is -0.410. The van der Waals surface area contributed by atoms with Crippen molar-refractivity contribution in [3.05, 3.63) is 53.6 Å². The summed E-state index contributed by atoms with van der Waals surface area (Å²) < 4.78 is 4.57. The van der Waals surface area contributed by atoms with Crippen LogP contribution in [0.15, 0.2) is 42.5 Å². The summed E-state index contributed by atoms with van der Waals surface area (Å²) in [6.45, 7) is 4.46. The first-order valence-electron chi connectivity index (χ1n) is 13.4. The summed E-state index contributed by atoms with van der Waals surface area (Å²) in [4.78, 5) is 13.8. The Bertz CT molecular complexity index is 1010. The predicted octanol–water partition coefficient (Wildman–Crippen LogP) is 7.82. The van der Waals surface area contributed by atoms with Crippen molar-refractivity contribution in [2.45, 2.75) is 90.1 Å². The van der Waals surface area contributed by atoms with Gasteiger partial charge in [0.2, 0.25) is 0 Å². The molecule has 0 heterocycles. The quantitative estimate of drug-likeness (QED) is 0.306. The van der Waals surface area contributed by atoms with Crippen LogP contribution in [0.25, 0.3) is 11.1 Å². The molecule has 0 spiro atoms. The van der Waals surface area contributed by atoms with Crippen LogP contribution in [0.1, 0.15) is 81.8 Å². The van der Waals surface area contributed by atoms with Gasteiger partial charge in [0, 0.05) is 0 Å². The van der Waals surface area contributed by atoms with Crippen LogP contribution in [0.4, 0.5) is 0 Å². The van der Waals surface area contributed by atoms with E-state index in [1.165, 1.54) is 67.2 Å². The molecule has 1 amide bonds. The van der Waals surface area contributed by atoms with E-state index in [-0.39, 0.29) is 11.8 Å². The number of hydrogen-bond acceptors (Lipinski definition) is 1. The fraction of sp³-hybridized carbons (Fsp3) is 0.536. The molecular formula is C28H40Cl2NOSiZr. The van der Waals surface area contributed by atoms with Crippen molar-refractivity contribution >= 4 is 32.1 Å². The Kier molecular flexibility index (Phi) is 8.88. The van der Waals surface area contributed by atoms with Gasteiger partial charge in [0.15, 0.2) is 0 Å². The molecule has 2 aromatic carbocycles. The van der Waals surface area contributed by atoms with Crippen LogP contribution in [-0.2, 0) is 27.1 Å². The van der Waals surface area contributed by atoms with E-state index < -0.39 is 21.8 Å². The molecule has 1 N–H and O–H groups in total. The molecule has 34 heavy (non-hydrogen) atoms. The van der Waals surface area contributed by atoms with Gasteiger partial charge in [-0.25, -0.2) is 0 Å². The van der Waals surface area contributed by atoms with Crippen LogP contribution in [0.2, 0.25) is 13.1 Å². The van der Waals surface area contributed by atoms with Gasteiger partial charge < -0.3 is 0 Å². The summed E-state index contributed by atoms with van der Waals surface area (Å²) in [6.07, 6.45) is 14.1. The number of rotatable bonds is 4. The van der Waals surface area contributed by atoms with Crippen LogP contribution in [0.3, 0.4) is 0 Å². The summed E-state index contributed by atoms with van der Waals surface area (Å²) >= 11 is -4.77. The molecule has 0 bridgehead atoms. The summed E-state index contributed by atoms with van der Waals surface area (Å²) in [5.74, 6) is -1.46. The van der Waals surface area contributed by atoms with E-state index >= 15 is 0 Å². The molecule has 0 radical (unpaired) electrons. The maximum absolute atomic E-state index is 13.8. The van der Waals surface area contributed by atoms with Gasteiger partial charge in [0.25, 0.3) is 0 Å².